The number of anilines is 2. The predicted molar refractivity (Wildman–Crippen MR) is 150 cm³/mol. The standard InChI is InChI=1S/C31H30N2O3S/c1-3-36-30(34)22-24-14-18-28(19-15-24)37-29-20-16-26(17-21-29)32-31(35)33(27-12-8-5-9-13-27)23(2)25-10-6-4-7-11-25/h4-21,23H,3,22H2,1-2H3,(H,32,35). The van der Waals surface area contributed by atoms with Crippen molar-refractivity contribution in [3.63, 3.8) is 0 Å². The first-order valence-corrected chi connectivity index (χ1v) is 13.1. The first kappa shape index (κ1) is 26.0. The maximum absolute atomic E-state index is 13.4. The number of esters is 1. The fraction of sp³-hybridized carbons (Fsp3) is 0.161. The summed E-state index contributed by atoms with van der Waals surface area (Å²) in [6, 6.07) is 35.0. The number of hydrogen-bond donors (Lipinski definition) is 1. The highest BCUT2D eigenvalue weighted by Crippen LogP contribution is 2.30. The number of amides is 2. The molecule has 0 aromatic heterocycles. The number of hydrogen-bond acceptors (Lipinski definition) is 4. The van der Waals surface area contributed by atoms with E-state index in [1.165, 1.54) is 0 Å². The summed E-state index contributed by atoms with van der Waals surface area (Å²) < 4.78 is 5.01. The van der Waals surface area contributed by atoms with Crippen LogP contribution in [-0.2, 0) is 16.0 Å². The largest absolute Gasteiger partial charge is 0.466 e. The first-order chi connectivity index (χ1) is 18.0. The Morgan fingerprint density at radius 3 is 1.97 bits per heavy atom. The van der Waals surface area contributed by atoms with E-state index in [9.17, 15) is 9.59 Å². The molecule has 4 rings (SSSR count). The number of carbonyl (C=O) groups excluding carboxylic acids is 2. The minimum Gasteiger partial charge on any atom is -0.466 e. The smallest absolute Gasteiger partial charge is 0.326 e. The van der Waals surface area contributed by atoms with Gasteiger partial charge in [-0.2, -0.15) is 0 Å². The minimum absolute atomic E-state index is 0.148. The Morgan fingerprint density at radius 1 is 0.811 bits per heavy atom. The Hall–Kier alpha value is -4.03. The third-order valence-corrected chi connectivity index (χ3v) is 6.86. The first-order valence-electron chi connectivity index (χ1n) is 12.3. The van der Waals surface area contributed by atoms with Gasteiger partial charge in [0.25, 0.3) is 0 Å². The Morgan fingerprint density at radius 2 is 1.38 bits per heavy atom. The molecule has 2 amide bonds. The van der Waals surface area contributed by atoms with Crippen molar-refractivity contribution in [2.45, 2.75) is 36.1 Å². The molecule has 6 heteroatoms. The van der Waals surface area contributed by atoms with Crippen LogP contribution in [0, 0.1) is 0 Å². The van der Waals surface area contributed by atoms with Gasteiger partial charge in [-0.1, -0.05) is 72.4 Å². The summed E-state index contributed by atoms with van der Waals surface area (Å²) in [4.78, 5) is 29.0. The molecule has 0 aliphatic carbocycles. The van der Waals surface area contributed by atoms with Crippen LogP contribution in [0.4, 0.5) is 16.2 Å². The zero-order chi connectivity index (χ0) is 26.0. The maximum Gasteiger partial charge on any atom is 0.326 e. The van der Waals surface area contributed by atoms with Crippen LogP contribution in [0.15, 0.2) is 119 Å². The third-order valence-electron chi connectivity index (χ3n) is 5.84. The van der Waals surface area contributed by atoms with Gasteiger partial charge in [0, 0.05) is 21.2 Å². The average Bonchev–Trinajstić information content (AvgIpc) is 2.92. The lowest BCUT2D eigenvalue weighted by atomic mass is 10.1. The molecule has 0 heterocycles. The van der Waals surface area contributed by atoms with Crippen LogP contribution in [0.3, 0.4) is 0 Å². The molecular formula is C31H30N2O3S. The van der Waals surface area contributed by atoms with Gasteiger partial charge in [0.1, 0.15) is 0 Å². The second kappa shape index (κ2) is 12.8. The molecule has 4 aromatic rings. The van der Waals surface area contributed by atoms with Crippen LogP contribution in [-0.4, -0.2) is 18.6 Å². The Labute approximate surface area is 222 Å². The monoisotopic (exact) mass is 510 g/mol. The summed E-state index contributed by atoms with van der Waals surface area (Å²) in [5.41, 5.74) is 3.53. The molecule has 0 radical (unpaired) electrons. The number of nitrogens with one attached hydrogen (secondary N) is 1. The Kier molecular flexibility index (Phi) is 9.00. The van der Waals surface area contributed by atoms with Crippen molar-refractivity contribution in [2.24, 2.45) is 0 Å². The van der Waals surface area contributed by atoms with Gasteiger partial charge in [-0.15, -0.1) is 0 Å². The van der Waals surface area contributed by atoms with Crippen molar-refractivity contribution in [3.8, 4) is 0 Å². The van der Waals surface area contributed by atoms with Crippen molar-refractivity contribution >= 4 is 35.1 Å². The van der Waals surface area contributed by atoms with E-state index in [0.717, 1.165) is 32.3 Å². The van der Waals surface area contributed by atoms with Gasteiger partial charge < -0.3 is 10.1 Å². The summed E-state index contributed by atoms with van der Waals surface area (Å²) >= 11 is 1.62. The highest BCUT2D eigenvalue weighted by atomic mass is 32.2. The van der Waals surface area contributed by atoms with E-state index in [0.29, 0.717) is 6.61 Å². The number of para-hydroxylation sites is 1. The van der Waals surface area contributed by atoms with E-state index in [1.807, 2.05) is 116 Å². The van der Waals surface area contributed by atoms with Crippen LogP contribution in [0.5, 0.6) is 0 Å². The number of rotatable bonds is 9. The molecule has 0 aliphatic rings. The van der Waals surface area contributed by atoms with Gasteiger partial charge >= 0.3 is 12.0 Å². The van der Waals surface area contributed by atoms with Gasteiger partial charge in [0.15, 0.2) is 0 Å². The topological polar surface area (TPSA) is 58.6 Å². The molecular weight excluding hydrogens is 480 g/mol. The normalized spacial score (nSPS) is 11.4. The van der Waals surface area contributed by atoms with Gasteiger partial charge in [-0.3, -0.25) is 9.69 Å². The molecule has 0 saturated heterocycles. The molecule has 4 aromatic carbocycles. The van der Waals surface area contributed by atoms with Crippen LogP contribution in [0.1, 0.15) is 31.0 Å². The fourth-order valence-electron chi connectivity index (χ4n) is 3.97. The fourth-order valence-corrected chi connectivity index (χ4v) is 4.78. The van der Waals surface area contributed by atoms with Gasteiger partial charge in [-0.25, -0.2) is 4.79 Å². The van der Waals surface area contributed by atoms with Gasteiger partial charge in [0.05, 0.1) is 19.1 Å². The number of benzene rings is 4. The molecule has 1 N–H and O–H groups in total. The van der Waals surface area contributed by atoms with E-state index in [-0.39, 0.29) is 24.5 Å². The highest BCUT2D eigenvalue weighted by molar-refractivity contribution is 7.99. The van der Waals surface area contributed by atoms with Gasteiger partial charge in [-0.05, 0) is 73.5 Å². The number of ether oxygens (including phenoxy) is 1. The zero-order valence-corrected chi connectivity index (χ0v) is 21.8. The predicted octanol–water partition coefficient (Wildman–Crippen LogP) is 7.74. The van der Waals surface area contributed by atoms with Crippen molar-refractivity contribution in [1.82, 2.24) is 0 Å². The molecule has 1 atom stereocenters. The lowest BCUT2D eigenvalue weighted by Gasteiger charge is -2.30. The Balaban J connectivity index is 1.42. The SMILES string of the molecule is CCOC(=O)Cc1ccc(Sc2ccc(NC(=O)N(c3ccccc3)C(C)c3ccccc3)cc2)cc1. The van der Waals surface area contributed by atoms with Crippen molar-refractivity contribution in [3.05, 3.63) is 120 Å². The van der Waals surface area contributed by atoms with E-state index < -0.39 is 0 Å². The Bertz CT molecular complexity index is 1290. The average molecular weight is 511 g/mol. The number of urea groups is 1. The van der Waals surface area contributed by atoms with E-state index in [2.05, 4.69) is 5.32 Å². The lowest BCUT2D eigenvalue weighted by molar-refractivity contribution is -0.142. The van der Waals surface area contributed by atoms with Crippen molar-refractivity contribution < 1.29 is 14.3 Å². The summed E-state index contributed by atoms with van der Waals surface area (Å²) in [5.74, 6) is -0.218. The summed E-state index contributed by atoms with van der Waals surface area (Å²) in [7, 11) is 0. The summed E-state index contributed by atoms with van der Waals surface area (Å²) in [6.45, 7) is 4.22. The molecule has 0 fully saturated rings. The minimum atomic E-state index is -0.218. The quantitative estimate of drug-likeness (QED) is 0.234. The molecule has 0 aliphatic heterocycles. The lowest BCUT2D eigenvalue weighted by Crippen LogP contribution is -2.37. The maximum atomic E-state index is 13.4. The molecule has 0 saturated carbocycles. The summed E-state index contributed by atoms with van der Waals surface area (Å²) in [6.07, 6.45) is 0.274. The second-order valence-electron chi connectivity index (χ2n) is 8.47. The molecule has 0 spiro atoms. The molecule has 1 unspecified atom stereocenters. The molecule has 188 valence electrons. The van der Waals surface area contributed by atoms with E-state index in [1.54, 1.807) is 23.6 Å². The van der Waals surface area contributed by atoms with E-state index >= 15 is 0 Å². The third kappa shape index (κ3) is 7.24. The number of carbonyl (C=O) groups is 2. The van der Waals surface area contributed by atoms with Gasteiger partial charge in [0.2, 0.25) is 0 Å². The number of nitrogens with zero attached hydrogens (tertiary/aromatic N) is 1. The molecule has 37 heavy (non-hydrogen) atoms. The van der Waals surface area contributed by atoms with Crippen molar-refractivity contribution in [1.29, 1.82) is 0 Å². The molecule has 5 nitrogen and oxygen atoms in total. The second-order valence-corrected chi connectivity index (χ2v) is 9.62. The highest BCUT2D eigenvalue weighted by Gasteiger charge is 2.23. The van der Waals surface area contributed by atoms with Crippen LogP contribution >= 0.6 is 11.8 Å². The van der Waals surface area contributed by atoms with Crippen LogP contribution < -0.4 is 10.2 Å². The van der Waals surface area contributed by atoms with Crippen molar-refractivity contribution in [2.75, 3.05) is 16.8 Å². The zero-order valence-electron chi connectivity index (χ0n) is 21.0. The van der Waals surface area contributed by atoms with E-state index in [4.69, 9.17) is 4.74 Å². The molecule has 0 bridgehead atoms. The summed E-state index contributed by atoms with van der Waals surface area (Å²) in [5, 5.41) is 3.05. The van der Waals surface area contributed by atoms with Crippen LogP contribution in [0.25, 0.3) is 0 Å². The van der Waals surface area contributed by atoms with Crippen LogP contribution in [0.2, 0.25) is 0 Å².